The van der Waals surface area contributed by atoms with E-state index in [1.54, 1.807) is 18.2 Å². The predicted molar refractivity (Wildman–Crippen MR) is 112 cm³/mol. The molecular weight excluding hydrogens is 427 g/mol. The number of halogens is 2. The summed E-state index contributed by atoms with van der Waals surface area (Å²) in [6, 6.07) is 11.9. The van der Waals surface area contributed by atoms with Gasteiger partial charge in [0.15, 0.2) is 0 Å². The van der Waals surface area contributed by atoms with E-state index in [1.165, 1.54) is 23.5 Å². The third-order valence-electron chi connectivity index (χ3n) is 4.75. The largest absolute Gasteiger partial charge is 0.347 e. The number of benzene rings is 2. The second-order valence-electron chi connectivity index (χ2n) is 7.12. The van der Waals surface area contributed by atoms with Crippen molar-refractivity contribution in [1.29, 1.82) is 5.26 Å². The number of nitriles is 1. The summed E-state index contributed by atoms with van der Waals surface area (Å²) in [7, 11) is 0. The molecule has 4 rings (SSSR count). The summed E-state index contributed by atoms with van der Waals surface area (Å²) in [5.74, 6) is -1.08. The van der Waals surface area contributed by atoms with Crippen molar-refractivity contribution < 1.29 is 14.0 Å². The van der Waals surface area contributed by atoms with Crippen LogP contribution in [0.25, 0.3) is 21.3 Å². The van der Waals surface area contributed by atoms with E-state index >= 15 is 0 Å². The first-order valence-electron chi connectivity index (χ1n) is 9.21. The molecule has 1 aliphatic rings. The fourth-order valence-corrected chi connectivity index (χ4v) is 4.37. The number of hydrogen-bond donors (Lipinski definition) is 2. The molecule has 0 spiro atoms. The summed E-state index contributed by atoms with van der Waals surface area (Å²) in [6.07, 6.45) is 1.27. The highest BCUT2D eigenvalue weighted by atomic mass is 35.5. The molecule has 0 atom stereocenters. The highest BCUT2D eigenvalue weighted by Gasteiger charge is 2.44. The lowest BCUT2D eigenvalue weighted by Crippen LogP contribution is -2.43. The third kappa shape index (κ3) is 4.42. The topological polar surface area (TPSA) is 94.9 Å². The quantitative estimate of drug-likeness (QED) is 0.610. The van der Waals surface area contributed by atoms with Crippen LogP contribution in [0.2, 0.25) is 5.02 Å². The van der Waals surface area contributed by atoms with Gasteiger partial charge in [0, 0.05) is 0 Å². The monoisotopic (exact) mass is 442 g/mol. The van der Waals surface area contributed by atoms with Crippen molar-refractivity contribution in [3.05, 3.63) is 52.2 Å². The smallest absolute Gasteiger partial charge is 0.240 e. The first-order valence-corrected chi connectivity index (χ1v) is 10.4. The van der Waals surface area contributed by atoms with E-state index in [4.69, 9.17) is 16.9 Å². The summed E-state index contributed by atoms with van der Waals surface area (Å²) < 4.78 is 14.3. The molecule has 1 heterocycles. The van der Waals surface area contributed by atoms with E-state index in [9.17, 15) is 14.0 Å². The SMILES string of the molecule is N#CC1(NC(=O)CNC(=O)Cc2nc3c(Cl)cc(-c4cccc(F)c4)cc3s2)CC1. The second kappa shape index (κ2) is 8.01. The molecule has 152 valence electrons. The van der Waals surface area contributed by atoms with Gasteiger partial charge in [-0.15, -0.1) is 11.3 Å². The van der Waals surface area contributed by atoms with Gasteiger partial charge in [-0.25, -0.2) is 9.37 Å². The van der Waals surface area contributed by atoms with Gasteiger partial charge in [-0.1, -0.05) is 23.7 Å². The highest BCUT2D eigenvalue weighted by Crippen LogP contribution is 2.35. The van der Waals surface area contributed by atoms with Gasteiger partial charge in [0.05, 0.1) is 28.8 Å². The minimum Gasteiger partial charge on any atom is -0.347 e. The molecule has 2 amide bonds. The normalized spacial score (nSPS) is 14.2. The molecule has 1 fully saturated rings. The molecule has 0 radical (unpaired) electrons. The Hall–Kier alpha value is -3.02. The first-order chi connectivity index (χ1) is 14.4. The van der Waals surface area contributed by atoms with Crippen LogP contribution in [-0.4, -0.2) is 28.9 Å². The number of rotatable bonds is 6. The lowest BCUT2D eigenvalue weighted by atomic mass is 10.1. The number of carbonyl (C=O) groups is 2. The van der Waals surface area contributed by atoms with E-state index in [1.807, 2.05) is 6.07 Å². The van der Waals surface area contributed by atoms with Crippen molar-refractivity contribution in [3.8, 4) is 17.2 Å². The third-order valence-corrected chi connectivity index (χ3v) is 6.04. The Labute approximate surface area is 180 Å². The summed E-state index contributed by atoms with van der Waals surface area (Å²) >= 11 is 7.67. The number of nitrogens with one attached hydrogen (secondary N) is 2. The number of nitrogens with zero attached hydrogens (tertiary/aromatic N) is 2. The van der Waals surface area contributed by atoms with E-state index in [0.29, 0.717) is 34.0 Å². The summed E-state index contributed by atoms with van der Waals surface area (Å²) in [6.45, 7) is -0.197. The molecule has 0 saturated heterocycles. The molecule has 1 aromatic heterocycles. The standard InChI is InChI=1S/C21H16ClFN4O2S/c22-15-7-13(12-2-1-3-14(23)6-12)8-16-20(15)26-19(30-16)9-17(28)25-10-18(29)27-21(11-24)4-5-21/h1-3,6-8H,4-5,9-10H2,(H,25,28)(H,27,29). The van der Waals surface area contributed by atoms with Crippen LogP contribution in [0.15, 0.2) is 36.4 Å². The van der Waals surface area contributed by atoms with Gasteiger partial charge in [0.1, 0.15) is 21.9 Å². The zero-order chi connectivity index (χ0) is 21.3. The average molecular weight is 443 g/mol. The summed E-state index contributed by atoms with van der Waals surface area (Å²) in [5, 5.41) is 15.1. The van der Waals surface area contributed by atoms with Crippen LogP contribution in [0.3, 0.4) is 0 Å². The van der Waals surface area contributed by atoms with Crippen molar-refractivity contribution in [1.82, 2.24) is 15.6 Å². The number of fused-ring (bicyclic) bond motifs is 1. The fourth-order valence-electron chi connectivity index (χ4n) is 3.02. The average Bonchev–Trinajstić information content (AvgIpc) is 3.36. The molecule has 0 bridgehead atoms. The molecular formula is C21H16ClFN4O2S. The van der Waals surface area contributed by atoms with Gasteiger partial charge >= 0.3 is 0 Å². The maximum absolute atomic E-state index is 13.5. The van der Waals surface area contributed by atoms with Crippen LogP contribution in [0.4, 0.5) is 4.39 Å². The van der Waals surface area contributed by atoms with E-state index in [2.05, 4.69) is 21.7 Å². The number of amides is 2. The molecule has 0 aliphatic heterocycles. The van der Waals surface area contributed by atoms with Gasteiger partial charge in [-0.2, -0.15) is 5.26 Å². The molecule has 3 aromatic rings. The molecule has 0 unspecified atom stereocenters. The fraction of sp³-hybridized carbons (Fsp3) is 0.238. The minimum atomic E-state index is -0.759. The summed E-state index contributed by atoms with van der Waals surface area (Å²) in [5.41, 5.74) is 1.27. The molecule has 30 heavy (non-hydrogen) atoms. The zero-order valence-electron chi connectivity index (χ0n) is 15.7. The highest BCUT2D eigenvalue weighted by molar-refractivity contribution is 7.18. The van der Waals surface area contributed by atoms with Crippen molar-refractivity contribution >= 4 is 45.0 Å². The Bertz CT molecular complexity index is 1200. The number of hydrogen-bond acceptors (Lipinski definition) is 5. The number of aromatic nitrogens is 1. The molecule has 6 nitrogen and oxygen atoms in total. The summed E-state index contributed by atoms with van der Waals surface area (Å²) in [4.78, 5) is 28.5. The van der Waals surface area contributed by atoms with Crippen molar-refractivity contribution in [3.63, 3.8) is 0 Å². The predicted octanol–water partition coefficient (Wildman–Crippen LogP) is 3.59. The van der Waals surface area contributed by atoms with Crippen LogP contribution < -0.4 is 10.6 Å². The van der Waals surface area contributed by atoms with Crippen LogP contribution in [-0.2, 0) is 16.0 Å². The minimum absolute atomic E-state index is 0.00163. The van der Waals surface area contributed by atoms with Crippen LogP contribution in [0, 0.1) is 17.1 Å². The van der Waals surface area contributed by atoms with Crippen LogP contribution in [0.5, 0.6) is 0 Å². The number of carbonyl (C=O) groups excluding carboxylic acids is 2. The molecule has 2 aromatic carbocycles. The van der Waals surface area contributed by atoms with Gasteiger partial charge in [-0.3, -0.25) is 9.59 Å². The maximum atomic E-state index is 13.5. The Balaban J connectivity index is 1.43. The van der Waals surface area contributed by atoms with Crippen LogP contribution in [0.1, 0.15) is 17.8 Å². The molecule has 1 saturated carbocycles. The molecule has 1 aliphatic carbocycles. The lowest BCUT2D eigenvalue weighted by molar-refractivity contribution is -0.126. The Morgan fingerprint density at radius 3 is 2.73 bits per heavy atom. The first kappa shape index (κ1) is 20.3. The van der Waals surface area contributed by atoms with Gasteiger partial charge in [0.25, 0.3) is 0 Å². The van der Waals surface area contributed by atoms with Crippen molar-refractivity contribution in [2.75, 3.05) is 6.54 Å². The van der Waals surface area contributed by atoms with Crippen molar-refractivity contribution in [2.24, 2.45) is 0 Å². The van der Waals surface area contributed by atoms with Gasteiger partial charge in [-0.05, 0) is 48.2 Å². The number of thiazole rings is 1. The van der Waals surface area contributed by atoms with Crippen LogP contribution >= 0.6 is 22.9 Å². The molecule has 2 N–H and O–H groups in total. The Kier molecular flexibility index (Phi) is 5.41. The van der Waals surface area contributed by atoms with E-state index < -0.39 is 11.4 Å². The van der Waals surface area contributed by atoms with E-state index in [-0.39, 0.29) is 24.7 Å². The zero-order valence-corrected chi connectivity index (χ0v) is 17.2. The van der Waals surface area contributed by atoms with Gasteiger partial charge in [0.2, 0.25) is 11.8 Å². The van der Waals surface area contributed by atoms with Crippen molar-refractivity contribution in [2.45, 2.75) is 24.8 Å². The Morgan fingerprint density at radius 2 is 2.03 bits per heavy atom. The van der Waals surface area contributed by atoms with Gasteiger partial charge < -0.3 is 10.6 Å². The van der Waals surface area contributed by atoms with E-state index in [0.717, 1.165) is 10.3 Å². The Morgan fingerprint density at radius 1 is 1.23 bits per heavy atom. The maximum Gasteiger partial charge on any atom is 0.240 e. The lowest BCUT2D eigenvalue weighted by Gasteiger charge is -2.09. The molecule has 9 heteroatoms. The second-order valence-corrected chi connectivity index (χ2v) is 8.64.